The van der Waals surface area contributed by atoms with Crippen molar-refractivity contribution in [2.45, 2.75) is 33.2 Å². The lowest BCUT2D eigenvalue weighted by molar-refractivity contribution is -0.125. The Morgan fingerprint density at radius 1 is 1.47 bits per heavy atom. The van der Waals surface area contributed by atoms with E-state index in [4.69, 9.17) is 5.73 Å². The van der Waals surface area contributed by atoms with E-state index >= 15 is 0 Å². The molecule has 17 heavy (non-hydrogen) atoms. The van der Waals surface area contributed by atoms with Gasteiger partial charge in [0.25, 0.3) is 0 Å². The van der Waals surface area contributed by atoms with Crippen molar-refractivity contribution in [1.29, 1.82) is 0 Å². The molecule has 1 atom stereocenters. The van der Waals surface area contributed by atoms with E-state index in [0.29, 0.717) is 13.0 Å². The van der Waals surface area contributed by atoms with Crippen LogP contribution in [0.1, 0.15) is 25.1 Å². The topological polar surface area (TPSA) is 68.0 Å². The normalized spacial score (nSPS) is 12.5. The average molecular weight is 235 g/mol. The first kappa shape index (κ1) is 13.6. The van der Waals surface area contributed by atoms with E-state index in [1.165, 1.54) is 0 Å². The van der Waals surface area contributed by atoms with Crippen LogP contribution in [0.25, 0.3) is 0 Å². The summed E-state index contributed by atoms with van der Waals surface area (Å²) in [4.78, 5) is 16.1. The molecule has 1 heterocycles. The Balaban J connectivity index is 2.63. The minimum atomic E-state index is -0.179. The zero-order valence-corrected chi connectivity index (χ0v) is 10.7. The maximum absolute atomic E-state index is 11.8. The third-order valence-electron chi connectivity index (χ3n) is 2.54. The van der Waals surface area contributed by atoms with Crippen LogP contribution < -0.4 is 11.1 Å². The zero-order chi connectivity index (χ0) is 12.8. The molecular weight excluding hydrogens is 214 g/mol. The highest BCUT2D eigenvalue weighted by Gasteiger charge is 2.17. The van der Waals surface area contributed by atoms with Crippen molar-refractivity contribution in [3.63, 3.8) is 0 Å². The summed E-state index contributed by atoms with van der Waals surface area (Å²) in [5.41, 5.74) is 7.67. The Hall–Kier alpha value is -1.42. The molecule has 3 N–H and O–H groups in total. The first-order valence-corrected chi connectivity index (χ1v) is 5.95. The Kier molecular flexibility index (Phi) is 5.10. The molecule has 0 spiro atoms. The van der Waals surface area contributed by atoms with E-state index in [-0.39, 0.29) is 17.9 Å². The van der Waals surface area contributed by atoms with Gasteiger partial charge in [0.1, 0.15) is 0 Å². The van der Waals surface area contributed by atoms with Crippen LogP contribution in [0.4, 0.5) is 0 Å². The Labute approximate surface area is 103 Å². The van der Waals surface area contributed by atoms with Gasteiger partial charge in [-0.05, 0) is 38.8 Å². The van der Waals surface area contributed by atoms with Gasteiger partial charge in [0.05, 0.1) is 5.92 Å². The molecule has 0 aromatic carbocycles. The molecule has 1 aromatic rings. The Morgan fingerprint density at radius 3 is 2.65 bits per heavy atom. The summed E-state index contributed by atoms with van der Waals surface area (Å²) in [6.07, 6.45) is 2.45. The Bertz CT molecular complexity index is 359. The fourth-order valence-corrected chi connectivity index (χ4v) is 1.59. The Morgan fingerprint density at radius 2 is 2.18 bits per heavy atom. The summed E-state index contributed by atoms with van der Waals surface area (Å²) in [6, 6.07) is 4.09. The molecule has 94 valence electrons. The lowest BCUT2D eigenvalue weighted by atomic mass is 9.99. The van der Waals surface area contributed by atoms with Crippen LogP contribution in [0.2, 0.25) is 0 Å². The van der Waals surface area contributed by atoms with Crippen molar-refractivity contribution in [3.05, 3.63) is 29.6 Å². The van der Waals surface area contributed by atoms with Crippen LogP contribution in [0, 0.1) is 12.8 Å². The second-order valence-electron chi connectivity index (χ2n) is 4.61. The number of pyridine rings is 1. The van der Waals surface area contributed by atoms with E-state index in [0.717, 1.165) is 11.3 Å². The maximum Gasteiger partial charge on any atom is 0.224 e. The number of nitrogens with zero attached hydrogens (tertiary/aromatic N) is 1. The number of rotatable bonds is 5. The molecule has 1 unspecified atom stereocenters. The van der Waals surface area contributed by atoms with Crippen LogP contribution in [-0.2, 0) is 11.2 Å². The largest absolute Gasteiger partial charge is 0.354 e. The van der Waals surface area contributed by atoms with E-state index < -0.39 is 0 Å². The second-order valence-corrected chi connectivity index (χ2v) is 4.61. The van der Waals surface area contributed by atoms with Crippen molar-refractivity contribution in [3.8, 4) is 0 Å². The molecule has 0 saturated heterocycles. The van der Waals surface area contributed by atoms with Crippen LogP contribution in [0.15, 0.2) is 18.3 Å². The number of aromatic nitrogens is 1. The molecule has 0 radical (unpaired) electrons. The SMILES string of the molecule is Cc1ccc(CC(CN)C(=O)NC(C)C)cn1. The summed E-state index contributed by atoms with van der Waals surface area (Å²) in [6.45, 7) is 6.18. The highest BCUT2D eigenvalue weighted by molar-refractivity contribution is 5.79. The monoisotopic (exact) mass is 235 g/mol. The molecule has 1 amide bonds. The summed E-state index contributed by atoms with van der Waals surface area (Å²) < 4.78 is 0. The van der Waals surface area contributed by atoms with Crippen molar-refractivity contribution < 1.29 is 4.79 Å². The standard InChI is InChI=1S/C13H21N3O/c1-9(2)16-13(17)12(7-14)6-11-5-4-10(3)15-8-11/h4-5,8-9,12H,6-7,14H2,1-3H3,(H,16,17). The minimum Gasteiger partial charge on any atom is -0.354 e. The quantitative estimate of drug-likeness (QED) is 0.801. The van der Waals surface area contributed by atoms with Gasteiger partial charge in [0, 0.05) is 24.5 Å². The third kappa shape index (κ3) is 4.53. The molecule has 0 aliphatic heterocycles. The number of carbonyl (C=O) groups excluding carboxylic acids is 1. The van der Waals surface area contributed by atoms with Gasteiger partial charge in [-0.1, -0.05) is 6.07 Å². The van der Waals surface area contributed by atoms with Gasteiger partial charge >= 0.3 is 0 Å². The summed E-state index contributed by atoms with van der Waals surface area (Å²) in [5.74, 6) is -0.162. The smallest absolute Gasteiger partial charge is 0.224 e. The number of hydrogen-bond acceptors (Lipinski definition) is 3. The van der Waals surface area contributed by atoms with E-state index in [2.05, 4.69) is 10.3 Å². The van der Waals surface area contributed by atoms with E-state index in [9.17, 15) is 4.79 Å². The zero-order valence-electron chi connectivity index (χ0n) is 10.7. The molecule has 4 heteroatoms. The van der Waals surface area contributed by atoms with Gasteiger partial charge in [-0.15, -0.1) is 0 Å². The average Bonchev–Trinajstić information content (AvgIpc) is 2.27. The number of hydrogen-bond donors (Lipinski definition) is 2. The number of aryl methyl sites for hydroxylation is 1. The van der Waals surface area contributed by atoms with Gasteiger partial charge in [-0.2, -0.15) is 0 Å². The molecule has 0 fully saturated rings. The van der Waals surface area contributed by atoms with Crippen LogP contribution in [0.3, 0.4) is 0 Å². The van der Waals surface area contributed by atoms with Crippen molar-refractivity contribution >= 4 is 5.91 Å². The predicted octanol–water partition coefficient (Wildman–Crippen LogP) is 1.03. The summed E-state index contributed by atoms with van der Waals surface area (Å²) >= 11 is 0. The number of nitrogens with one attached hydrogen (secondary N) is 1. The second kappa shape index (κ2) is 6.35. The maximum atomic E-state index is 11.8. The highest BCUT2D eigenvalue weighted by Crippen LogP contribution is 2.08. The third-order valence-corrected chi connectivity index (χ3v) is 2.54. The molecule has 0 aliphatic carbocycles. The number of amides is 1. The number of nitrogens with two attached hydrogens (primary N) is 1. The minimum absolute atomic E-state index is 0.0167. The summed E-state index contributed by atoms with van der Waals surface area (Å²) in [7, 11) is 0. The number of carbonyl (C=O) groups is 1. The van der Waals surface area contributed by atoms with Gasteiger partial charge < -0.3 is 11.1 Å². The van der Waals surface area contributed by atoms with E-state index in [1.807, 2.05) is 32.9 Å². The van der Waals surface area contributed by atoms with Gasteiger partial charge in [-0.25, -0.2) is 0 Å². The first-order chi connectivity index (χ1) is 8.02. The van der Waals surface area contributed by atoms with Crippen LogP contribution in [-0.4, -0.2) is 23.5 Å². The highest BCUT2D eigenvalue weighted by atomic mass is 16.1. The van der Waals surface area contributed by atoms with Gasteiger partial charge in [0.2, 0.25) is 5.91 Å². The molecule has 1 aromatic heterocycles. The van der Waals surface area contributed by atoms with Crippen molar-refractivity contribution in [1.82, 2.24) is 10.3 Å². The molecule has 0 bridgehead atoms. The first-order valence-electron chi connectivity index (χ1n) is 5.95. The fraction of sp³-hybridized carbons (Fsp3) is 0.538. The van der Waals surface area contributed by atoms with E-state index in [1.54, 1.807) is 6.20 Å². The molecule has 0 saturated carbocycles. The lowest BCUT2D eigenvalue weighted by Crippen LogP contribution is -2.39. The molecule has 1 rings (SSSR count). The van der Waals surface area contributed by atoms with Crippen LogP contribution >= 0.6 is 0 Å². The van der Waals surface area contributed by atoms with Gasteiger partial charge in [-0.3, -0.25) is 9.78 Å². The summed E-state index contributed by atoms with van der Waals surface area (Å²) in [5, 5.41) is 2.89. The fourth-order valence-electron chi connectivity index (χ4n) is 1.59. The predicted molar refractivity (Wildman–Crippen MR) is 68.5 cm³/mol. The molecule has 0 aliphatic rings. The lowest BCUT2D eigenvalue weighted by Gasteiger charge is -2.16. The molecule has 4 nitrogen and oxygen atoms in total. The van der Waals surface area contributed by atoms with Crippen LogP contribution in [0.5, 0.6) is 0 Å². The van der Waals surface area contributed by atoms with Gasteiger partial charge in [0.15, 0.2) is 0 Å². The molecular formula is C13H21N3O. The van der Waals surface area contributed by atoms with Crippen molar-refractivity contribution in [2.24, 2.45) is 11.7 Å². The van der Waals surface area contributed by atoms with Crippen molar-refractivity contribution in [2.75, 3.05) is 6.54 Å².